The van der Waals surface area contributed by atoms with Crippen LogP contribution >= 0.6 is 0 Å². The molecule has 0 saturated carbocycles. The van der Waals surface area contributed by atoms with E-state index in [2.05, 4.69) is 16.9 Å². The Hall–Kier alpha value is -1.61. The van der Waals surface area contributed by atoms with Crippen molar-refractivity contribution in [3.63, 3.8) is 0 Å². The van der Waals surface area contributed by atoms with E-state index < -0.39 is 0 Å². The van der Waals surface area contributed by atoms with Gasteiger partial charge in [-0.2, -0.15) is 0 Å². The molecule has 2 aromatic heterocycles. The van der Waals surface area contributed by atoms with E-state index >= 15 is 0 Å². The second-order valence-corrected chi connectivity index (χ2v) is 3.57. The van der Waals surface area contributed by atoms with Crippen LogP contribution in [0.25, 0.3) is 0 Å². The molecule has 0 aromatic carbocycles. The van der Waals surface area contributed by atoms with E-state index in [0.717, 1.165) is 24.5 Å². The molecular formula is C12H14N2O. The third-order valence-corrected chi connectivity index (χ3v) is 2.16. The normalized spacial score (nSPS) is 10.8. The first-order valence-electron chi connectivity index (χ1n) is 4.95. The summed E-state index contributed by atoms with van der Waals surface area (Å²) >= 11 is 0. The van der Waals surface area contributed by atoms with Crippen molar-refractivity contribution in [3.8, 4) is 0 Å². The maximum atomic E-state index is 5.28. The predicted octanol–water partition coefficient (Wildman–Crippen LogP) is 2.31. The van der Waals surface area contributed by atoms with Gasteiger partial charge < -0.3 is 4.42 Å². The van der Waals surface area contributed by atoms with Crippen molar-refractivity contribution in [2.24, 2.45) is 0 Å². The van der Waals surface area contributed by atoms with Crippen molar-refractivity contribution in [2.45, 2.75) is 13.1 Å². The molecule has 2 heterocycles. The lowest BCUT2D eigenvalue weighted by molar-refractivity contribution is 0.285. The minimum absolute atomic E-state index is 0.809. The number of furan rings is 1. The van der Waals surface area contributed by atoms with E-state index in [1.54, 1.807) is 6.26 Å². The van der Waals surface area contributed by atoms with E-state index in [4.69, 9.17) is 4.42 Å². The van der Waals surface area contributed by atoms with Gasteiger partial charge in [0.1, 0.15) is 5.76 Å². The van der Waals surface area contributed by atoms with Crippen LogP contribution in [0.3, 0.4) is 0 Å². The average molecular weight is 202 g/mol. The molecule has 0 bridgehead atoms. The SMILES string of the molecule is CN(Cc1ccccn1)Cc1ccco1. The van der Waals surface area contributed by atoms with Gasteiger partial charge in [-0.25, -0.2) is 0 Å². The Bertz CT molecular complexity index is 383. The second kappa shape index (κ2) is 4.75. The lowest BCUT2D eigenvalue weighted by Crippen LogP contribution is -2.17. The zero-order valence-electron chi connectivity index (χ0n) is 8.76. The number of rotatable bonds is 4. The van der Waals surface area contributed by atoms with Gasteiger partial charge in [0.15, 0.2) is 0 Å². The lowest BCUT2D eigenvalue weighted by atomic mass is 10.3. The van der Waals surface area contributed by atoms with E-state index in [1.807, 2.05) is 36.5 Å². The minimum atomic E-state index is 0.809. The fraction of sp³-hybridized carbons (Fsp3) is 0.250. The van der Waals surface area contributed by atoms with Gasteiger partial charge >= 0.3 is 0 Å². The zero-order valence-corrected chi connectivity index (χ0v) is 8.76. The monoisotopic (exact) mass is 202 g/mol. The van der Waals surface area contributed by atoms with Gasteiger partial charge in [0.05, 0.1) is 18.5 Å². The third kappa shape index (κ3) is 2.92. The molecule has 0 aliphatic heterocycles. The van der Waals surface area contributed by atoms with Gasteiger partial charge in [-0.3, -0.25) is 9.88 Å². The number of aromatic nitrogens is 1. The van der Waals surface area contributed by atoms with Crippen LogP contribution in [0.5, 0.6) is 0 Å². The molecule has 0 radical (unpaired) electrons. The highest BCUT2D eigenvalue weighted by molar-refractivity contribution is 5.04. The summed E-state index contributed by atoms with van der Waals surface area (Å²) in [4.78, 5) is 6.44. The molecule has 0 N–H and O–H groups in total. The summed E-state index contributed by atoms with van der Waals surface area (Å²) in [5.74, 6) is 0.980. The summed E-state index contributed by atoms with van der Waals surface area (Å²) in [6.07, 6.45) is 3.51. The number of nitrogens with zero attached hydrogens (tertiary/aromatic N) is 2. The molecule has 0 unspecified atom stereocenters. The van der Waals surface area contributed by atoms with Crippen molar-refractivity contribution in [1.82, 2.24) is 9.88 Å². The Labute approximate surface area is 89.4 Å². The molecule has 0 amide bonds. The van der Waals surface area contributed by atoms with Gasteiger partial charge in [0.25, 0.3) is 0 Å². The van der Waals surface area contributed by atoms with Crippen LogP contribution in [0.4, 0.5) is 0 Å². The molecule has 3 nitrogen and oxygen atoms in total. The molecule has 3 heteroatoms. The fourth-order valence-electron chi connectivity index (χ4n) is 1.49. The Kier molecular flexibility index (Phi) is 3.15. The van der Waals surface area contributed by atoms with Gasteiger partial charge in [-0.1, -0.05) is 6.07 Å². The molecule has 2 aromatic rings. The van der Waals surface area contributed by atoms with Crippen LogP contribution in [-0.4, -0.2) is 16.9 Å². The van der Waals surface area contributed by atoms with Gasteiger partial charge in [0.2, 0.25) is 0 Å². The maximum absolute atomic E-state index is 5.28. The number of pyridine rings is 1. The van der Waals surface area contributed by atoms with E-state index in [1.165, 1.54) is 0 Å². The first-order chi connectivity index (χ1) is 7.34. The summed E-state index contributed by atoms with van der Waals surface area (Å²) in [6, 6.07) is 9.84. The number of hydrogen-bond donors (Lipinski definition) is 0. The summed E-state index contributed by atoms with van der Waals surface area (Å²) in [7, 11) is 2.05. The maximum Gasteiger partial charge on any atom is 0.117 e. The van der Waals surface area contributed by atoms with Crippen LogP contribution < -0.4 is 0 Å². The van der Waals surface area contributed by atoms with Gasteiger partial charge in [-0.05, 0) is 31.3 Å². The van der Waals surface area contributed by atoms with E-state index in [9.17, 15) is 0 Å². The topological polar surface area (TPSA) is 29.3 Å². The van der Waals surface area contributed by atoms with Crippen LogP contribution in [0.1, 0.15) is 11.5 Å². The highest BCUT2D eigenvalue weighted by atomic mass is 16.3. The lowest BCUT2D eigenvalue weighted by Gasteiger charge is -2.14. The summed E-state index contributed by atoms with van der Waals surface area (Å²) in [6.45, 7) is 1.64. The highest BCUT2D eigenvalue weighted by Crippen LogP contribution is 2.06. The van der Waals surface area contributed by atoms with Crippen LogP contribution in [-0.2, 0) is 13.1 Å². The molecule has 15 heavy (non-hydrogen) atoms. The van der Waals surface area contributed by atoms with Crippen molar-refractivity contribution in [1.29, 1.82) is 0 Å². The molecule has 0 atom stereocenters. The second-order valence-electron chi connectivity index (χ2n) is 3.57. The quantitative estimate of drug-likeness (QED) is 0.761. The van der Waals surface area contributed by atoms with Crippen LogP contribution in [0.15, 0.2) is 47.2 Å². The molecule has 0 spiro atoms. The summed E-state index contributed by atoms with van der Waals surface area (Å²) < 4.78 is 5.28. The number of hydrogen-bond acceptors (Lipinski definition) is 3. The molecule has 0 aliphatic carbocycles. The molecule has 2 rings (SSSR count). The first kappa shape index (κ1) is 9.93. The fourth-order valence-corrected chi connectivity index (χ4v) is 1.49. The molecule has 0 fully saturated rings. The van der Waals surface area contributed by atoms with Crippen molar-refractivity contribution in [3.05, 3.63) is 54.2 Å². The molecule has 0 aliphatic rings. The predicted molar refractivity (Wildman–Crippen MR) is 58.1 cm³/mol. The molecule has 78 valence electrons. The van der Waals surface area contributed by atoms with Gasteiger partial charge in [0, 0.05) is 12.7 Å². The Morgan fingerprint density at radius 1 is 1.20 bits per heavy atom. The van der Waals surface area contributed by atoms with E-state index in [0.29, 0.717) is 0 Å². The minimum Gasteiger partial charge on any atom is -0.468 e. The molecular weight excluding hydrogens is 188 g/mol. The zero-order chi connectivity index (χ0) is 10.5. The largest absolute Gasteiger partial charge is 0.468 e. The smallest absolute Gasteiger partial charge is 0.117 e. The van der Waals surface area contributed by atoms with Crippen molar-refractivity contribution in [2.75, 3.05) is 7.05 Å². The Balaban J connectivity index is 1.90. The first-order valence-corrected chi connectivity index (χ1v) is 4.95. The Morgan fingerprint density at radius 3 is 2.80 bits per heavy atom. The van der Waals surface area contributed by atoms with E-state index in [-0.39, 0.29) is 0 Å². The standard InChI is InChI=1S/C12H14N2O/c1-14(10-12-6-4-8-15-12)9-11-5-2-3-7-13-11/h2-8H,9-10H2,1H3. The molecule has 0 saturated heterocycles. The highest BCUT2D eigenvalue weighted by Gasteiger charge is 2.03. The summed E-state index contributed by atoms with van der Waals surface area (Å²) in [5.41, 5.74) is 1.08. The average Bonchev–Trinajstić information content (AvgIpc) is 2.71. The van der Waals surface area contributed by atoms with Crippen molar-refractivity contribution < 1.29 is 4.42 Å². The van der Waals surface area contributed by atoms with Crippen LogP contribution in [0, 0.1) is 0 Å². The van der Waals surface area contributed by atoms with Crippen LogP contribution in [0.2, 0.25) is 0 Å². The summed E-state index contributed by atoms with van der Waals surface area (Å²) in [5, 5.41) is 0. The van der Waals surface area contributed by atoms with Crippen molar-refractivity contribution >= 4 is 0 Å². The third-order valence-electron chi connectivity index (χ3n) is 2.16. The Morgan fingerprint density at radius 2 is 2.13 bits per heavy atom. The van der Waals surface area contributed by atoms with Gasteiger partial charge in [-0.15, -0.1) is 0 Å².